The molecule has 0 aromatic heterocycles. The number of unbranched alkanes of at least 4 members (excludes halogenated alkanes) is 8. The highest BCUT2D eigenvalue weighted by molar-refractivity contribution is 5.83. The van der Waals surface area contributed by atoms with Crippen molar-refractivity contribution < 1.29 is 4.79 Å². The zero-order valence-corrected chi connectivity index (χ0v) is 15.6. The molecule has 1 rings (SSSR count). The number of carbonyl (C=O) groups is 1. The van der Waals surface area contributed by atoms with Gasteiger partial charge in [-0.05, 0) is 44.4 Å². The van der Waals surface area contributed by atoms with Crippen LogP contribution >= 0.6 is 0 Å². The van der Waals surface area contributed by atoms with Gasteiger partial charge in [0.1, 0.15) is 5.78 Å². The third-order valence-corrected chi connectivity index (χ3v) is 5.04. The van der Waals surface area contributed by atoms with Crippen molar-refractivity contribution in [1.29, 1.82) is 0 Å². The molecule has 1 aliphatic carbocycles. The zero-order chi connectivity index (χ0) is 16.8. The van der Waals surface area contributed by atoms with Gasteiger partial charge >= 0.3 is 0 Å². The van der Waals surface area contributed by atoms with Crippen LogP contribution in [-0.4, -0.2) is 5.78 Å². The predicted molar refractivity (Wildman–Crippen MR) is 102 cm³/mol. The van der Waals surface area contributed by atoms with Crippen molar-refractivity contribution in [3.8, 4) is 0 Å². The Bertz CT molecular complexity index is 353. The van der Waals surface area contributed by atoms with Crippen LogP contribution in [0.15, 0.2) is 24.3 Å². The zero-order valence-electron chi connectivity index (χ0n) is 15.6. The van der Waals surface area contributed by atoms with Crippen molar-refractivity contribution in [2.24, 2.45) is 11.8 Å². The number of carbonyl (C=O) groups excluding carboxylic acids is 1. The molecule has 0 bridgehead atoms. The molecular formula is C22H38O. The van der Waals surface area contributed by atoms with Gasteiger partial charge < -0.3 is 0 Å². The van der Waals surface area contributed by atoms with E-state index in [4.69, 9.17) is 0 Å². The molecule has 0 saturated heterocycles. The van der Waals surface area contributed by atoms with E-state index in [1.807, 2.05) is 0 Å². The molecule has 0 aromatic carbocycles. The molecular weight excluding hydrogens is 280 g/mol. The molecule has 0 spiro atoms. The summed E-state index contributed by atoms with van der Waals surface area (Å²) < 4.78 is 0. The molecule has 0 aromatic rings. The first-order valence-corrected chi connectivity index (χ1v) is 10.1. The Labute approximate surface area is 144 Å². The maximum absolute atomic E-state index is 12.1. The van der Waals surface area contributed by atoms with E-state index in [1.165, 1.54) is 64.2 Å². The smallest absolute Gasteiger partial charge is 0.136 e. The Morgan fingerprint density at radius 2 is 1.52 bits per heavy atom. The summed E-state index contributed by atoms with van der Waals surface area (Å²) in [4.78, 5) is 12.1. The van der Waals surface area contributed by atoms with Crippen LogP contribution in [-0.2, 0) is 4.79 Å². The van der Waals surface area contributed by atoms with Crippen LogP contribution in [0, 0.1) is 11.8 Å². The Morgan fingerprint density at radius 1 is 0.870 bits per heavy atom. The maximum Gasteiger partial charge on any atom is 0.136 e. The third-order valence-electron chi connectivity index (χ3n) is 5.04. The van der Waals surface area contributed by atoms with Gasteiger partial charge in [0.05, 0.1) is 0 Å². The molecule has 0 amide bonds. The van der Waals surface area contributed by atoms with E-state index in [9.17, 15) is 4.79 Å². The van der Waals surface area contributed by atoms with E-state index in [0.29, 0.717) is 11.7 Å². The predicted octanol–water partition coefficient (Wildman–Crippen LogP) is 7.03. The normalized spacial score (nSPS) is 21.9. The van der Waals surface area contributed by atoms with E-state index in [-0.39, 0.29) is 5.92 Å². The number of allylic oxidation sites excluding steroid dienone is 4. The van der Waals surface area contributed by atoms with Crippen LogP contribution in [0.2, 0.25) is 0 Å². The van der Waals surface area contributed by atoms with Crippen LogP contribution in [0.25, 0.3) is 0 Å². The van der Waals surface area contributed by atoms with Crippen molar-refractivity contribution in [3.63, 3.8) is 0 Å². The molecule has 0 aliphatic heterocycles. The lowest BCUT2D eigenvalue weighted by Crippen LogP contribution is -2.12. The molecule has 1 heteroatoms. The van der Waals surface area contributed by atoms with Gasteiger partial charge in [0.15, 0.2) is 0 Å². The van der Waals surface area contributed by atoms with E-state index < -0.39 is 0 Å². The van der Waals surface area contributed by atoms with Crippen molar-refractivity contribution in [2.75, 3.05) is 0 Å². The number of Topliss-reactive ketones (excluding diaryl/α,β-unsaturated/α-hetero) is 1. The largest absolute Gasteiger partial charge is 0.299 e. The first-order chi connectivity index (χ1) is 11.3. The molecule has 1 nitrogen and oxygen atoms in total. The molecule has 2 atom stereocenters. The lowest BCUT2D eigenvalue weighted by Gasteiger charge is -2.12. The number of hydrogen-bond acceptors (Lipinski definition) is 1. The lowest BCUT2D eigenvalue weighted by molar-refractivity contribution is -0.120. The van der Waals surface area contributed by atoms with E-state index >= 15 is 0 Å². The second-order valence-electron chi connectivity index (χ2n) is 7.11. The Morgan fingerprint density at radius 3 is 2.17 bits per heavy atom. The van der Waals surface area contributed by atoms with Crippen LogP contribution in [0.4, 0.5) is 0 Å². The summed E-state index contributed by atoms with van der Waals surface area (Å²) in [6.45, 7) is 4.50. The Hall–Kier alpha value is -0.850. The molecule has 1 saturated carbocycles. The first-order valence-electron chi connectivity index (χ1n) is 10.1. The summed E-state index contributed by atoms with van der Waals surface area (Å²) >= 11 is 0. The van der Waals surface area contributed by atoms with Gasteiger partial charge in [0.25, 0.3) is 0 Å². The SMILES string of the molecule is CCCCCCC=CC[C@H]1C(=O)CC[C@@H]1C=CCCCCCC. The number of rotatable bonds is 13. The molecule has 1 fully saturated rings. The second kappa shape index (κ2) is 13.6. The summed E-state index contributed by atoms with van der Waals surface area (Å²) in [5.74, 6) is 1.24. The summed E-state index contributed by atoms with van der Waals surface area (Å²) in [6.07, 6.45) is 25.0. The fraction of sp³-hybridized carbons (Fsp3) is 0.773. The fourth-order valence-corrected chi connectivity index (χ4v) is 3.48. The fourth-order valence-electron chi connectivity index (χ4n) is 3.48. The van der Waals surface area contributed by atoms with E-state index in [1.54, 1.807) is 0 Å². The molecule has 23 heavy (non-hydrogen) atoms. The summed E-state index contributed by atoms with van der Waals surface area (Å²) in [7, 11) is 0. The van der Waals surface area contributed by atoms with Crippen LogP contribution in [0.5, 0.6) is 0 Å². The highest BCUT2D eigenvalue weighted by atomic mass is 16.1. The van der Waals surface area contributed by atoms with Gasteiger partial charge in [-0.2, -0.15) is 0 Å². The van der Waals surface area contributed by atoms with Crippen molar-refractivity contribution in [3.05, 3.63) is 24.3 Å². The molecule has 0 radical (unpaired) electrons. The monoisotopic (exact) mass is 318 g/mol. The van der Waals surface area contributed by atoms with Crippen molar-refractivity contribution in [2.45, 2.75) is 97.3 Å². The lowest BCUT2D eigenvalue weighted by atomic mass is 9.91. The van der Waals surface area contributed by atoms with Gasteiger partial charge in [-0.1, -0.05) is 76.7 Å². The minimum absolute atomic E-state index is 0.258. The molecule has 1 aliphatic rings. The van der Waals surface area contributed by atoms with Crippen LogP contribution in [0.1, 0.15) is 97.3 Å². The van der Waals surface area contributed by atoms with Gasteiger partial charge in [0.2, 0.25) is 0 Å². The molecule has 132 valence electrons. The Balaban J connectivity index is 2.24. The van der Waals surface area contributed by atoms with Crippen molar-refractivity contribution in [1.82, 2.24) is 0 Å². The summed E-state index contributed by atoms with van der Waals surface area (Å²) in [5.41, 5.74) is 0. The number of hydrogen-bond donors (Lipinski definition) is 0. The van der Waals surface area contributed by atoms with E-state index in [2.05, 4.69) is 38.2 Å². The van der Waals surface area contributed by atoms with E-state index in [0.717, 1.165) is 19.3 Å². The van der Waals surface area contributed by atoms with Crippen molar-refractivity contribution >= 4 is 5.78 Å². The highest BCUT2D eigenvalue weighted by Gasteiger charge is 2.31. The second-order valence-corrected chi connectivity index (χ2v) is 7.11. The molecule has 0 N–H and O–H groups in total. The summed E-state index contributed by atoms with van der Waals surface area (Å²) in [5, 5.41) is 0. The summed E-state index contributed by atoms with van der Waals surface area (Å²) in [6, 6.07) is 0. The van der Waals surface area contributed by atoms with Gasteiger partial charge in [0, 0.05) is 12.3 Å². The Kier molecular flexibility index (Phi) is 11.9. The average Bonchev–Trinajstić information content (AvgIpc) is 2.90. The van der Waals surface area contributed by atoms with Crippen LogP contribution in [0.3, 0.4) is 0 Å². The molecule has 0 heterocycles. The molecule has 0 unspecified atom stereocenters. The minimum Gasteiger partial charge on any atom is -0.299 e. The van der Waals surface area contributed by atoms with Gasteiger partial charge in [-0.25, -0.2) is 0 Å². The quantitative estimate of drug-likeness (QED) is 0.263. The van der Waals surface area contributed by atoms with Gasteiger partial charge in [-0.3, -0.25) is 4.79 Å². The average molecular weight is 319 g/mol. The maximum atomic E-state index is 12.1. The van der Waals surface area contributed by atoms with Gasteiger partial charge in [-0.15, -0.1) is 0 Å². The van der Waals surface area contributed by atoms with Crippen LogP contribution < -0.4 is 0 Å². The topological polar surface area (TPSA) is 17.1 Å². The standard InChI is InChI=1S/C22H38O/c1-3-5-7-9-11-13-15-17-21-20(18-19-22(21)23)16-14-12-10-8-6-4-2/h13-16,20-21H,3-12,17-19H2,1-2H3/t20-,21+/m0/s1. The highest BCUT2D eigenvalue weighted by Crippen LogP contribution is 2.33. The first kappa shape index (κ1) is 20.2. The number of ketones is 1. The minimum atomic E-state index is 0.258. The third kappa shape index (κ3) is 9.13.